The number of nitriles is 1. The smallest absolute Gasteiger partial charge is 0.420 e. The van der Waals surface area contributed by atoms with Crippen molar-refractivity contribution in [1.29, 1.82) is 5.26 Å². The summed E-state index contributed by atoms with van der Waals surface area (Å²) in [7, 11) is -3.45. The highest BCUT2D eigenvalue weighted by molar-refractivity contribution is 7.85. The van der Waals surface area contributed by atoms with E-state index in [1.165, 1.54) is 10.8 Å². The van der Waals surface area contributed by atoms with E-state index < -0.39 is 21.8 Å². The minimum atomic E-state index is -3.45. The van der Waals surface area contributed by atoms with Gasteiger partial charge in [-0.3, -0.25) is 4.18 Å². The molecule has 0 spiro atoms. The molecule has 0 unspecified atom stereocenters. The number of hydrogen-bond donors (Lipinski definition) is 0. The Morgan fingerprint density at radius 1 is 1.33 bits per heavy atom. The summed E-state index contributed by atoms with van der Waals surface area (Å²) in [4.78, 5) is 16.7. The van der Waals surface area contributed by atoms with Crippen LogP contribution < -0.4 is 0 Å². The SMILES string of the molecule is CC(C)(C)OC(=O)n1cc(CCCCOS(C)(=O)=O)c2cc(C#N)cnc21. The lowest BCUT2D eigenvalue weighted by atomic mass is 10.1. The van der Waals surface area contributed by atoms with Crippen LogP contribution in [0.25, 0.3) is 11.0 Å². The summed E-state index contributed by atoms with van der Waals surface area (Å²) in [6.07, 6.45) is 5.30. The number of hydrogen-bond acceptors (Lipinski definition) is 7. The van der Waals surface area contributed by atoms with E-state index in [0.717, 1.165) is 11.8 Å². The Bertz CT molecular complexity index is 981. The summed E-state index contributed by atoms with van der Waals surface area (Å²) in [6.45, 7) is 5.44. The lowest BCUT2D eigenvalue weighted by Crippen LogP contribution is -2.26. The van der Waals surface area contributed by atoms with Crippen molar-refractivity contribution in [3.05, 3.63) is 29.6 Å². The van der Waals surface area contributed by atoms with E-state index in [-0.39, 0.29) is 6.61 Å². The molecule has 27 heavy (non-hydrogen) atoms. The van der Waals surface area contributed by atoms with Crippen molar-refractivity contribution in [2.75, 3.05) is 12.9 Å². The molecule has 146 valence electrons. The fourth-order valence-electron chi connectivity index (χ4n) is 2.51. The molecule has 0 amide bonds. The molecule has 0 N–H and O–H groups in total. The number of carbonyl (C=O) groups excluding carboxylic acids is 1. The number of fused-ring (bicyclic) bond motifs is 1. The van der Waals surface area contributed by atoms with E-state index in [9.17, 15) is 13.2 Å². The number of aromatic nitrogens is 2. The number of unbranched alkanes of at least 4 members (excludes halogenated alkanes) is 1. The van der Waals surface area contributed by atoms with E-state index >= 15 is 0 Å². The number of rotatable bonds is 6. The average Bonchev–Trinajstić information content (AvgIpc) is 2.90. The van der Waals surface area contributed by atoms with Crippen molar-refractivity contribution in [2.24, 2.45) is 0 Å². The predicted molar refractivity (Wildman–Crippen MR) is 99.8 cm³/mol. The molecule has 0 fully saturated rings. The summed E-state index contributed by atoms with van der Waals surface area (Å²) in [5, 5.41) is 9.82. The number of aryl methyl sites for hydroxylation is 1. The van der Waals surface area contributed by atoms with Crippen molar-refractivity contribution in [1.82, 2.24) is 9.55 Å². The van der Waals surface area contributed by atoms with E-state index in [1.54, 1.807) is 33.0 Å². The zero-order valence-corrected chi connectivity index (χ0v) is 16.7. The Morgan fingerprint density at radius 2 is 2.04 bits per heavy atom. The van der Waals surface area contributed by atoms with Crippen LogP contribution in [0.15, 0.2) is 18.5 Å². The highest BCUT2D eigenvalue weighted by atomic mass is 32.2. The van der Waals surface area contributed by atoms with E-state index in [2.05, 4.69) is 4.98 Å². The Balaban J connectivity index is 2.24. The lowest BCUT2D eigenvalue weighted by molar-refractivity contribution is 0.0543. The minimum Gasteiger partial charge on any atom is -0.443 e. The molecule has 0 atom stereocenters. The summed E-state index contributed by atoms with van der Waals surface area (Å²) >= 11 is 0. The Labute approximate surface area is 158 Å². The van der Waals surface area contributed by atoms with Gasteiger partial charge in [0.25, 0.3) is 10.1 Å². The first-order valence-electron chi connectivity index (χ1n) is 8.48. The van der Waals surface area contributed by atoms with Crippen molar-refractivity contribution in [3.63, 3.8) is 0 Å². The molecule has 0 aliphatic rings. The van der Waals surface area contributed by atoms with Gasteiger partial charge in [-0.1, -0.05) is 0 Å². The third kappa shape index (κ3) is 6.05. The molecule has 2 heterocycles. The van der Waals surface area contributed by atoms with Crippen LogP contribution in [0.2, 0.25) is 0 Å². The standard InChI is InChI=1S/C18H23N3O5S/c1-18(2,3)26-17(22)21-12-14(7-5-6-8-25-27(4,23)24)15-9-13(10-19)11-20-16(15)21/h9,11-12H,5-8H2,1-4H3. The van der Waals surface area contributed by atoms with Gasteiger partial charge in [0.1, 0.15) is 17.3 Å². The van der Waals surface area contributed by atoms with Crippen LogP contribution in [0.4, 0.5) is 4.79 Å². The summed E-state index contributed by atoms with van der Waals surface area (Å²) < 4.78 is 33.5. The van der Waals surface area contributed by atoms with Crippen molar-refractivity contribution in [2.45, 2.75) is 45.6 Å². The van der Waals surface area contributed by atoms with Crippen LogP contribution in [0.3, 0.4) is 0 Å². The first kappa shape index (κ1) is 20.9. The van der Waals surface area contributed by atoms with Crippen molar-refractivity contribution in [3.8, 4) is 6.07 Å². The summed E-state index contributed by atoms with van der Waals surface area (Å²) in [5.41, 5.74) is 1.00. The molecule has 8 nitrogen and oxygen atoms in total. The van der Waals surface area contributed by atoms with Crippen LogP contribution in [-0.4, -0.2) is 42.5 Å². The second-order valence-corrected chi connectivity index (χ2v) is 8.84. The monoisotopic (exact) mass is 393 g/mol. The van der Waals surface area contributed by atoms with Gasteiger partial charge in [-0.15, -0.1) is 0 Å². The zero-order chi connectivity index (χ0) is 20.2. The van der Waals surface area contributed by atoms with Crippen LogP contribution in [0.1, 0.15) is 44.7 Å². The van der Waals surface area contributed by atoms with E-state index in [1.807, 2.05) is 6.07 Å². The summed E-state index contributed by atoms with van der Waals surface area (Å²) in [6, 6.07) is 3.73. The molecular formula is C18H23N3O5S. The Hall–Kier alpha value is -2.44. The van der Waals surface area contributed by atoms with E-state index in [4.69, 9.17) is 14.2 Å². The molecule has 0 saturated heterocycles. The molecule has 2 rings (SSSR count). The number of carbonyl (C=O) groups is 1. The van der Waals surface area contributed by atoms with E-state index in [0.29, 0.717) is 35.9 Å². The highest BCUT2D eigenvalue weighted by Gasteiger charge is 2.21. The van der Waals surface area contributed by atoms with Gasteiger partial charge in [0.05, 0.1) is 18.4 Å². The number of nitrogens with zero attached hydrogens (tertiary/aromatic N) is 3. The van der Waals surface area contributed by atoms with Gasteiger partial charge >= 0.3 is 6.09 Å². The topological polar surface area (TPSA) is 111 Å². The minimum absolute atomic E-state index is 0.102. The number of pyridine rings is 1. The molecule has 0 saturated carbocycles. The van der Waals surface area contributed by atoms with Gasteiger partial charge in [-0.2, -0.15) is 13.7 Å². The Morgan fingerprint density at radius 3 is 2.63 bits per heavy atom. The van der Waals surface area contributed by atoms with Crippen molar-refractivity contribution < 1.29 is 22.1 Å². The zero-order valence-electron chi connectivity index (χ0n) is 15.9. The average molecular weight is 393 g/mol. The second kappa shape index (κ2) is 8.06. The molecule has 2 aromatic rings. The van der Waals surface area contributed by atoms with Crippen LogP contribution in [-0.2, 0) is 25.5 Å². The van der Waals surface area contributed by atoms with Gasteiger partial charge in [0.15, 0.2) is 0 Å². The molecule has 0 aliphatic heterocycles. The first-order chi connectivity index (χ1) is 12.5. The molecule has 0 aliphatic carbocycles. The lowest BCUT2D eigenvalue weighted by Gasteiger charge is -2.19. The fourth-order valence-corrected chi connectivity index (χ4v) is 2.93. The molecule has 0 bridgehead atoms. The van der Waals surface area contributed by atoms with Crippen LogP contribution in [0.5, 0.6) is 0 Å². The molecule has 0 aromatic carbocycles. The van der Waals surface area contributed by atoms with Gasteiger partial charge in [-0.05, 0) is 51.7 Å². The molecule has 0 radical (unpaired) electrons. The first-order valence-corrected chi connectivity index (χ1v) is 10.3. The van der Waals surface area contributed by atoms with Gasteiger partial charge in [0, 0.05) is 17.8 Å². The van der Waals surface area contributed by atoms with Gasteiger partial charge in [0.2, 0.25) is 0 Å². The quantitative estimate of drug-likeness (QED) is 0.548. The maximum absolute atomic E-state index is 12.5. The number of ether oxygens (including phenoxy) is 1. The Kier molecular flexibility index (Phi) is 6.23. The maximum atomic E-state index is 12.5. The highest BCUT2D eigenvalue weighted by Crippen LogP contribution is 2.24. The predicted octanol–water partition coefficient (Wildman–Crippen LogP) is 2.99. The molecule has 2 aromatic heterocycles. The normalized spacial score (nSPS) is 12.1. The maximum Gasteiger partial charge on any atom is 0.420 e. The fraction of sp³-hybridized carbons (Fsp3) is 0.500. The van der Waals surface area contributed by atoms with Crippen molar-refractivity contribution >= 4 is 27.2 Å². The molecule has 9 heteroatoms. The van der Waals surface area contributed by atoms with Crippen LogP contribution in [0, 0.1) is 11.3 Å². The van der Waals surface area contributed by atoms with Crippen LogP contribution >= 0.6 is 0 Å². The second-order valence-electron chi connectivity index (χ2n) is 7.19. The third-order valence-corrected chi connectivity index (χ3v) is 4.18. The third-order valence-electron chi connectivity index (χ3n) is 3.58. The van der Waals surface area contributed by atoms with Gasteiger partial charge < -0.3 is 4.74 Å². The van der Waals surface area contributed by atoms with Gasteiger partial charge in [-0.25, -0.2) is 14.3 Å². The summed E-state index contributed by atoms with van der Waals surface area (Å²) in [5.74, 6) is 0. The molecular weight excluding hydrogens is 370 g/mol. The largest absolute Gasteiger partial charge is 0.443 e.